The standard InChI is InChI=1S/C16H24N2O2Si/c1-12(2)21(3,4)18-11-14(16(18)20)17-15(19)10-13-8-6-5-7-9-13/h5-9,12,14H,10-11H2,1-4H3,(H,17,19). The van der Waals surface area contributed by atoms with E-state index in [0.29, 0.717) is 18.5 Å². The topological polar surface area (TPSA) is 49.4 Å². The van der Waals surface area contributed by atoms with E-state index in [1.54, 1.807) is 0 Å². The minimum absolute atomic E-state index is 0.0804. The van der Waals surface area contributed by atoms with Crippen molar-refractivity contribution in [3.05, 3.63) is 35.9 Å². The third-order valence-corrected chi connectivity index (χ3v) is 9.20. The first-order valence-electron chi connectivity index (χ1n) is 7.47. The van der Waals surface area contributed by atoms with Crippen molar-refractivity contribution < 1.29 is 9.59 Å². The van der Waals surface area contributed by atoms with Gasteiger partial charge in [-0.25, -0.2) is 0 Å². The van der Waals surface area contributed by atoms with Gasteiger partial charge in [-0.05, 0) is 11.1 Å². The maximum absolute atomic E-state index is 12.2. The molecule has 5 heteroatoms. The molecule has 0 saturated carbocycles. The van der Waals surface area contributed by atoms with Gasteiger partial charge in [0.05, 0.1) is 6.42 Å². The highest BCUT2D eigenvalue weighted by atomic mass is 28.3. The molecule has 1 aromatic carbocycles. The van der Waals surface area contributed by atoms with Crippen LogP contribution in [-0.2, 0) is 16.0 Å². The summed E-state index contributed by atoms with van der Waals surface area (Å²) in [6.07, 6.45) is 0.329. The van der Waals surface area contributed by atoms with Gasteiger partial charge in [-0.1, -0.05) is 57.3 Å². The number of β-lactam (4-membered cyclic amide) rings is 1. The summed E-state index contributed by atoms with van der Waals surface area (Å²) in [5.41, 5.74) is 1.48. The van der Waals surface area contributed by atoms with Gasteiger partial charge in [0.1, 0.15) is 6.04 Å². The number of nitrogens with one attached hydrogen (secondary N) is 1. The van der Waals surface area contributed by atoms with E-state index in [1.165, 1.54) is 0 Å². The lowest BCUT2D eigenvalue weighted by molar-refractivity contribution is -0.141. The molecule has 0 aromatic heterocycles. The van der Waals surface area contributed by atoms with Gasteiger partial charge in [0.2, 0.25) is 11.8 Å². The average Bonchev–Trinajstić information content (AvgIpc) is 2.43. The molecular weight excluding hydrogens is 280 g/mol. The molecule has 1 aliphatic rings. The number of carbonyl (C=O) groups excluding carboxylic acids is 2. The number of rotatable bonds is 5. The number of benzene rings is 1. The Morgan fingerprint density at radius 2 is 1.95 bits per heavy atom. The normalized spacial score (nSPS) is 18.6. The first-order valence-corrected chi connectivity index (χ1v) is 10.5. The van der Waals surface area contributed by atoms with Crippen LogP contribution in [0.5, 0.6) is 0 Å². The molecular formula is C16H24N2O2Si. The predicted octanol–water partition coefficient (Wildman–Crippen LogP) is 2.17. The van der Waals surface area contributed by atoms with Crippen LogP contribution in [0.25, 0.3) is 0 Å². The first kappa shape index (κ1) is 15.8. The molecule has 1 aliphatic heterocycles. The van der Waals surface area contributed by atoms with Gasteiger partial charge in [-0.2, -0.15) is 0 Å². The van der Waals surface area contributed by atoms with E-state index in [1.807, 2.05) is 34.9 Å². The van der Waals surface area contributed by atoms with Gasteiger partial charge in [-0.3, -0.25) is 9.59 Å². The third-order valence-electron chi connectivity index (χ3n) is 4.58. The van der Waals surface area contributed by atoms with Crippen molar-refractivity contribution in [2.24, 2.45) is 0 Å². The molecule has 114 valence electrons. The van der Waals surface area contributed by atoms with Gasteiger partial charge in [0.15, 0.2) is 8.24 Å². The van der Waals surface area contributed by atoms with E-state index < -0.39 is 8.24 Å². The van der Waals surface area contributed by atoms with Gasteiger partial charge in [-0.15, -0.1) is 0 Å². The Morgan fingerprint density at radius 3 is 2.48 bits per heavy atom. The van der Waals surface area contributed by atoms with E-state index in [0.717, 1.165) is 5.56 Å². The van der Waals surface area contributed by atoms with Crippen LogP contribution in [0.3, 0.4) is 0 Å². The Kier molecular flexibility index (Phi) is 4.51. The van der Waals surface area contributed by atoms with Crippen molar-refractivity contribution in [1.29, 1.82) is 0 Å². The van der Waals surface area contributed by atoms with Crippen LogP contribution < -0.4 is 5.32 Å². The number of nitrogens with zero attached hydrogens (tertiary/aromatic N) is 1. The minimum Gasteiger partial charge on any atom is -0.365 e. The first-order chi connectivity index (χ1) is 9.82. The second kappa shape index (κ2) is 6.01. The summed E-state index contributed by atoms with van der Waals surface area (Å²) in [4.78, 5) is 24.2. The Bertz CT molecular complexity index is 528. The molecule has 0 spiro atoms. The molecule has 21 heavy (non-hydrogen) atoms. The molecule has 1 aromatic rings. The number of hydrogen-bond donors (Lipinski definition) is 1. The van der Waals surface area contributed by atoms with Crippen molar-refractivity contribution in [3.63, 3.8) is 0 Å². The monoisotopic (exact) mass is 304 g/mol. The zero-order valence-corrected chi connectivity index (χ0v) is 14.2. The van der Waals surface area contributed by atoms with Crippen LogP contribution in [-0.4, -0.2) is 37.2 Å². The smallest absolute Gasteiger partial charge is 0.239 e. The zero-order chi connectivity index (χ0) is 15.6. The fourth-order valence-corrected chi connectivity index (χ4v) is 4.39. The molecule has 0 radical (unpaired) electrons. The summed E-state index contributed by atoms with van der Waals surface area (Å²) in [6, 6.07) is 9.26. The van der Waals surface area contributed by atoms with Crippen molar-refractivity contribution in [3.8, 4) is 0 Å². The van der Waals surface area contributed by atoms with Crippen molar-refractivity contribution >= 4 is 20.0 Å². The lowest BCUT2D eigenvalue weighted by Gasteiger charge is -2.49. The molecule has 0 bridgehead atoms. The quantitative estimate of drug-likeness (QED) is 0.669. The van der Waals surface area contributed by atoms with Crippen LogP contribution in [0.2, 0.25) is 18.6 Å². The lowest BCUT2D eigenvalue weighted by atomic mass is 10.1. The zero-order valence-electron chi connectivity index (χ0n) is 13.2. The summed E-state index contributed by atoms with van der Waals surface area (Å²) in [5.74, 6) is 0.00463. The SMILES string of the molecule is CC(C)[Si](C)(C)N1CC(NC(=O)Cc2ccccc2)C1=O. The molecule has 2 rings (SSSR count). The van der Waals surface area contributed by atoms with Crippen LogP contribution in [0.1, 0.15) is 19.4 Å². The largest absolute Gasteiger partial charge is 0.365 e. The Labute approximate surface area is 127 Å². The van der Waals surface area contributed by atoms with Gasteiger partial charge < -0.3 is 9.88 Å². The average molecular weight is 304 g/mol. The molecule has 1 atom stereocenters. The number of amides is 2. The van der Waals surface area contributed by atoms with Crippen molar-refractivity contribution in [2.75, 3.05) is 6.54 Å². The van der Waals surface area contributed by atoms with Gasteiger partial charge >= 0.3 is 0 Å². The summed E-state index contributed by atoms with van der Waals surface area (Å²) < 4.78 is 1.99. The summed E-state index contributed by atoms with van der Waals surface area (Å²) in [7, 11) is -1.69. The molecule has 1 saturated heterocycles. The van der Waals surface area contributed by atoms with Crippen LogP contribution in [0, 0.1) is 0 Å². The maximum Gasteiger partial charge on any atom is 0.239 e. The van der Waals surface area contributed by atoms with Gasteiger partial charge in [0.25, 0.3) is 0 Å². The Balaban J connectivity index is 1.87. The summed E-state index contributed by atoms with van der Waals surface area (Å²) in [6.45, 7) is 9.41. The number of carbonyl (C=O) groups is 2. The van der Waals surface area contributed by atoms with E-state index >= 15 is 0 Å². The molecule has 1 heterocycles. The lowest BCUT2D eigenvalue weighted by Crippen LogP contribution is -2.72. The van der Waals surface area contributed by atoms with Crippen LogP contribution >= 0.6 is 0 Å². The van der Waals surface area contributed by atoms with Crippen molar-refractivity contribution in [1.82, 2.24) is 9.88 Å². The molecule has 4 nitrogen and oxygen atoms in total. The fraction of sp³-hybridized carbons (Fsp3) is 0.500. The molecule has 1 unspecified atom stereocenters. The second-order valence-electron chi connectivity index (χ2n) is 6.54. The van der Waals surface area contributed by atoms with Crippen LogP contribution in [0.15, 0.2) is 30.3 Å². The van der Waals surface area contributed by atoms with Gasteiger partial charge in [0, 0.05) is 6.54 Å². The Morgan fingerprint density at radius 1 is 1.33 bits per heavy atom. The highest BCUT2D eigenvalue weighted by Gasteiger charge is 2.47. The fourth-order valence-electron chi connectivity index (χ4n) is 2.39. The minimum atomic E-state index is -1.69. The molecule has 0 aliphatic carbocycles. The highest BCUT2D eigenvalue weighted by Crippen LogP contribution is 2.29. The van der Waals surface area contributed by atoms with E-state index in [2.05, 4.69) is 32.3 Å². The van der Waals surface area contributed by atoms with Crippen molar-refractivity contribution in [2.45, 2.75) is 44.9 Å². The van der Waals surface area contributed by atoms with Crippen LogP contribution in [0.4, 0.5) is 0 Å². The Hall–Kier alpha value is -1.62. The molecule has 1 N–H and O–H groups in total. The predicted molar refractivity (Wildman–Crippen MR) is 86.4 cm³/mol. The number of hydrogen-bond acceptors (Lipinski definition) is 2. The maximum atomic E-state index is 12.2. The van der Waals surface area contributed by atoms with E-state index in [-0.39, 0.29) is 17.9 Å². The van der Waals surface area contributed by atoms with E-state index in [9.17, 15) is 9.59 Å². The summed E-state index contributed by atoms with van der Waals surface area (Å²) >= 11 is 0. The third kappa shape index (κ3) is 3.35. The second-order valence-corrected chi connectivity index (χ2v) is 11.5. The van der Waals surface area contributed by atoms with E-state index in [4.69, 9.17) is 0 Å². The molecule has 2 amide bonds. The highest BCUT2D eigenvalue weighted by molar-refractivity contribution is 6.78. The summed E-state index contributed by atoms with van der Waals surface area (Å²) in [5, 5.41) is 2.85. The molecule has 1 fully saturated rings.